The number of sulfone groups is 1. The van der Waals surface area contributed by atoms with Crippen LogP contribution in [0.1, 0.15) is 79.1 Å². The number of carbonyl (C=O) groups excluding carboxylic acids is 8. The third-order valence-corrected chi connectivity index (χ3v) is 32.9. The Morgan fingerprint density at radius 1 is 0.392 bits per heavy atom. The predicted octanol–water partition coefficient (Wildman–Crippen LogP) is 5.05. The van der Waals surface area contributed by atoms with Gasteiger partial charge in [-0.3, -0.25) is 38.4 Å². The smallest absolute Gasteiger partial charge is 0.242 e. The average Bonchev–Trinajstić information content (AvgIpc) is 3.32. The molecule has 0 bridgehead atoms. The summed E-state index contributed by atoms with van der Waals surface area (Å²) in [6.45, 7) is 24.8. The standard InChI is InChI=1S/C50H102N8O12S5Si4/c1-39(59)55-43(19-27-71-5)47(63)51-23-15-35-76(7,8)69-78(11,12)37-17-25-53-49(65)45(57-41(3)61)21-29-73-31-33-75(67,68)34-32-74-30-22-46(58-42(4)62)50(66)54-26-18-38-79(13,14)70-77(9,10)36-16-24-52-48(64)44(20-28-72-6)56-40(2)60/h43-46H,15-38H2,1-14H3,(H,51,63)(H,52,64)(H,53,65)(H,54,66)(H,55,59)(H,56,60)(H,57,61)(H,58,62). The molecule has 0 aliphatic heterocycles. The van der Waals surface area contributed by atoms with Gasteiger partial charge in [0, 0.05) is 65.4 Å². The van der Waals surface area contributed by atoms with E-state index in [1.54, 1.807) is 23.5 Å². The molecule has 0 aliphatic rings. The van der Waals surface area contributed by atoms with E-state index in [2.05, 4.69) is 94.9 Å². The zero-order valence-electron chi connectivity index (χ0n) is 50.2. The van der Waals surface area contributed by atoms with Gasteiger partial charge in [0.25, 0.3) is 0 Å². The maximum atomic E-state index is 13.2. The van der Waals surface area contributed by atoms with Crippen molar-refractivity contribution in [3.63, 3.8) is 0 Å². The van der Waals surface area contributed by atoms with Crippen LogP contribution >= 0.6 is 47.0 Å². The summed E-state index contributed by atoms with van der Waals surface area (Å²) in [6, 6.07) is 0.798. The SMILES string of the molecule is CSCCC(NC(C)=O)C(=O)NCCC[Si](C)(C)O[Si](C)(C)CCCNC(=O)C(CCSCCS(=O)(=O)CCSCCC(NC(C)=O)C(=O)NCCC[Si](C)(C)O[Si](C)(C)CCCNC(=O)C(CCSC)NC(C)=O)NC(C)=O. The van der Waals surface area contributed by atoms with Crippen LogP contribution in [-0.4, -0.2) is 198 Å². The molecule has 29 heteroatoms. The van der Waals surface area contributed by atoms with E-state index >= 15 is 0 Å². The minimum absolute atomic E-state index is 0.0335. The molecule has 0 saturated carbocycles. The zero-order chi connectivity index (χ0) is 60.3. The number of nitrogens with one attached hydrogen (secondary N) is 8. The highest BCUT2D eigenvalue weighted by Crippen LogP contribution is 2.25. The van der Waals surface area contributed by atoms with Crippen molar-refractivity contribution < 1.29 is 55.0 Å². The molecule has 0 aromatic heterocycles. The Balaban J connectivity index is 4.72. The first-order valence-electron chi connectivity index (χ1n) is 27.7. The molecule has 0 aromatic rings. The van der Waals surface area contributed by atoms with Gasteiger partial charge < -0.3 is 50.8 Å². The number of hydrogen-bond acceptors (Lipinski definition) is 16. The van der Waals surface area contributed by atoms with Crippen molar-refractivity contribution in [2.45, 2.75) is 180 Å². The second-order valence-corrected chi connectivity index (χ2v) is 46.8. The first kappa shape index (κ1) is 76.9. The van der Waals surface area contributed by atoms with Gasteiger partial charge in [-0.25, -0.2) is 8.42 Å². The Morgan fingerprint density at radius 2 is 0.620 bits per heavy atom. The van der Waals surface area contributed by atoms with Gasteiger partial charge in [0.2, 0.25) is 47.3 Å². The lowest BCUT2D eigenvalue weighted by Gasteiger charge is -2.34. The van der Waals surface area contributed by atoms with E-state index < -0.39 is 67.3 Å². The lowest BCUT2D eigenvalue weighted by molar-refractivity contribution is -0.128. The van der Waals surface area contributed by atoms with E-state index in [4.69, 9.17) is 8.23 Å². The predicted molar refractivity (Wildman–Crippen MR) is 341 cm³/mol. The van der Waals surface area contributed by atoms with Crippen molar-refractivity contribution >= 4 is 137 Å². The molecular weight excluding hydrogens is 1180 g/mol. The Hall–Kier alpha value is -2.10. The number of amides is 8. The molecule has 20 nitrogen and oxygen atoms in total. The van der Waals surface area contributed by atoms with Gasteiger partial charge in [-0.05, 0) is 163 Å². The summed E-state index contributed by atoms with van der Waals surface area (Å²) in [7, 11) is -11.7. The van der Waals surface area contributed by atoms with Crippen molar-refractivity contribution in [2.24, 2.45) is 0 Å². The molecule has 0 aromatic carbocycles. The van der Waals surface area contributed by atoms with Crippen molar-refractivity contribution in [3.05, 3.63) is 0 Å². The number of rotatable bonds is 46. The van der Waals surface area contributed by atoms with Crippen LogP contribution in [-0.2, 0) is 56.4 Å². The fourth-order valence-electron chi connectivity index (χ4n) is 8.70. The maximum absolute atomic E-state index is 13.2. The van der Waals surface area contributed by atoms with Crippen LogP contribution in [0.2, 0.25) is 76.6 Å². The first-order chi connectivity index (χ1) is 36.7. The summed E-state index contributed by atoms with van der Waals surface area (Å²) in [4.78, 5) is 98.8. The number of thioether (sulfide) groups is 4. The molecule has 460 valence electrons. The minimum Gasteiger partial charge on any atom is -0.455 e. The molecular formula is C50H102N8O12S5Si4. The Labute approximate surface area is 496 Å². The minimum atomic E-state index is -3.37. The van der Waals surface area contributed by atoms with Gasteiger partial charge in [-0.15, -0.1) is 0 Å². The van der Waals surface area contributed by atoms with E-state index in [0.29, 0.717) is 87.7 Å². The topological polar surface area (TPSA) is 285 Å². The zero-order valence-corrected chi connectivity index (χ0v) is 58.3. The maximum Gasteiger partial charge on any atom is 0.242 e. The van der Waals surface area contributed by atoms with Crippen molar-refractivity contribution in [1.29, 1.82) is 0 Å². The molecule has 0 heterocycles. The van der Waals surface area contributed by atoms with Crippen molar-refractivity contribution in [2.75, 3.05) is 84.7 Å². The molecule has 0 rings (SSSR count). The quantitative estimate of drug-likeness (QED) is 0.0292. The second-order valence-electron chi connectivity index (χ2n) is 22.4. The molecule has 8 N–H and O–H groups in total. The largest absolute Gasteiger partial charge is 0.455 e. The third kappa shape index (κ3) is 41.5. The summed E-state index contributed by atoms with van der Waals surface area (Å²) in [5, 5.41) is 22.8. The fraction of sp³-hybridized carbons (Fsp3) is 0.840. The van der Waals surface area contributed by atoms with E-state index in [0.717, 1.165) is 48.5 Å². The van der Waals surface area contributed by atoms with Crippen molar-refractivity contribution in [3.8, 4) is 0 Å². The Bertz CT molecular complexity index is 1870. The molecule has 0 spiro atoms. The van der Waals surface area contributed by atoms with Crippen LogP contribution in [0, 0.1) is 0 Å². The number of hydrogen-bond donors (Lipinski definition) is 8. The normalized spacial score (nSPS) is 13.7. The average molecular weight is 1280 g/mol. The van der Waals surface area contributed by atoms with E-state index in [1.165, 1.54) is 51.2 Å². The van der Waals surface area contributed by atoms with Crippen LogP contribution in [0.3, 0.4) is 0 Å². The van der Waals surface area contributed by atoms with Gasteiger partial charge in [-0.2, -0.15) is 47.0 Å². The first-order valence-corrected chi connectivity index (χ1v) is 47.1. The highest BCUT2D eigenvalue weighted by atomic mass is 32.2. The van der Waals surface area contributed by atoms with E-state index in [9.17, 15) is 46.8 Å². The summed E-state index contributed by atoms with van der Waals surface area (Å²) in [5.41, 5.74) is 0. The molecule has 4 atom stereocenters. The van der Waals surface area contributed by atoms with Gasteiger partial charge in [0.05, 0.1) is 11.5 Å². The summed E-state index contributed by atoms with van der Waals surface area (Å²) in [5.74, 6) is 1.05. The third-order valence-electron chi connectivity index (χ3n) is 12.3. The molecule has 0 aliphatic carbocycles. The second kappa shape index (κ2) is 41.0. The van der Waals surface area contributed by atoms with Crippen LogP contribution in [0.4, 0.5) is 0 Å². The molecule has 0 radical (unpaired) electrons. The van der Waals surface area contributed by atoms with Gasteiger partial charge in [-0.1, -0.05) is 0 Å². The molecule has 8 amide bonds. The van der Waals surface area contributed by atoms with Crippen molar-refractivity contribution in [1.82, 2.24) is 42.5 Å². The fourth-order valence-corrected chi connectivity index (χ4v) is 31.8. The van der Waals surface area contributed by atoms with Gasteiger partial charge in [0.1, 0.15) is 24.2 Å². The molecule has 0 fully saturated rings. The monoisotopic (exact) mass is 1280 g/mol. The van der Waals surface area contributed by atoms with Crippen LogP contribution in [0.15, 0.2) is 0 Å². The lowest BCUT2D eigenvalue weighted by atomic mass is 10.2. The molecule has 79 heavy (non-hydrogen) atoms. The molecule has 4 unspecified atom stereocenters. The highest BCUT2D eigenvalue weighted by molar-refractivity contribution is 8.02. The van der Waals surface area contributed by atoms with Crippen LogP contribution < -0.4 is 42.5 Å². The Morgan fingerprint density at radius 3 is 0.835 bits per heavy atom. The van der Waals surface area contributed by atoms with Crippen LogP contribution in [0.25, 0.3) is 0 Å². The summed E-state index contributed by atoms with van der Waals surface area (Å²) >= 11 is 6.07. The van der Waals surface area contributed by atoms with E-state index in [-0.39, 0.29) is 58.8 Å². The Kier molecular flexibility index (Phi) is 39.9. The summed E-state index contributed by atoms with van der Waals surface area (Å²) < 4.78 is 39.3. The summed E-state index contributed by atoms with van der Waals surface area (Å²) in [6.07, 6.45) is 8.71. The highest BCUT2D eigenvalue weighted by Gasteiger charge is 2.34. The van der Waals surface area contributed by atoms with Gasteiger partial charge in [0.15, 0.2) is 43.1 Å². The van der Waals surface area contributed by atoms with Crippen LogP contribution in [0.5, 0.6) is 0 Å². The van der Waals surface area contributed by atoms with Gasteiger partial charge >= 0.3 is 0 Å². The molecule has 0 saturated heterocycles. The lowest BCUT2D eigenvalue weighted by Crippen LogP contribution is -2.48. The van der Waals surface area contributed by atoms with E-state index in [1.807, 2.05) is 12.5 Å². The number of carbonyl (C=O) groups is 8.